The monoisotopic (exact) mass is 373 g/mol. The Labute approximate surface area is 156 Å². The summed E-state index contributed by atoms with van der Waals surface area (Å²) in [4.78, 5) is 4.91. The van der Waals surface area contributed by atoms with E-state index in [0.717, 1.165) is 23.5 Å². The first-order chi connectivity index (χ1) is 12.5. The summed E-state index contributed by atoms with van der Waals surface area (Å²) in [7, 11) is -0.222. The summed E-state index contributed by atoms with van der Waals surface area (Å²) in [6, 6.07) is 11.2. The number of hydrogen-bond acceptors (Lipinski definition) is 4. The molecule has 0 unspecified atom stereocenters. The van der Waals surface area contributed by atoms with Crippen LogP contribution in [-0.2, 0) is 16.4 Å². The van der Waals surface area contributed by atoms with Gasteiger partial charge in [-0.15, -0.1) is 0 Å². The maximum atomic E-state index is 12.3. The normalized spacial score (nSPS) is 15.8. The van der Waals surface area contributed by atoms with Gasteiger partial charge in [0.05, 0.1) is 10.6 Å². The van der Waals surface area contributed by atoms with Crippen molar-refractivity contribution in [1.82, 2.24) is 9.71 Å². The van der Waals surface area contributed by atoms with Crippen molar-refractivity contribution in [2.24, 2.45) is 5.92 Å². The number of nitrogens with one attached hydrogen (secondary N) is 2. The fourth-order valence-electron chi connectivity index (χ4n) is 3.68. The molecule has 5 nitrogen and oxygen atoms in total. The van der Waals surface area contributed by atoms with Crippen molar-refractivity contribution >= 4 is 15.8 Å². The first-order valence-electron chi connectivity index (χ1n) is 9.25. The second-order valence-electron chi connectivity index (χ2n) is 6.89. The lowest BCUT2D eigenvalue weighted by molar-refractivity contribution is 0.357. The average Bonchev–Trinajstić information content (AvgIpc) is 2.69. The van der Waals surface area contributed by atoms with Crippen LogP contribution in [0.15, 0.2) is 41.3 Å². The van der Waals surface area contributed by atoms with Gasteiger partial charge in [-0.05, 0) is 49.2 Å². The molecule has 0 amide bonds. The van der Waals surface area contributed by atoms with Crippen LogP contribution in [0.25, 0.3) is 11.3 Å². The third-order valence-electron chi connectivity index (χ3n) is 5.17. The third kappa shape index (κ3) is 4.24. The highest BCUT2D eigenvalue weighted by Crippen LogP contribution is 2.32. The van der Waals surface area contributed by atoms with Gasteiger partial charge in [0.25, 0.3) is 0 Å². The molecule has 26 heavy (non-hydrogen) atoms. The molecule has 6 heteroatoms. The summed E-state index contributed by atoms with van der Waals surface area (Å²) >= 11 is 0. The molecule has 2 N–H and O–H groups in total. The summed E-state index contributed by atoms with van der Waals surface area (Å²) in [5.41, 5.74) is 2.88. The van der Waals surface area contributed by atoms with E-state index in [1.807, 2.05) is 31.3 Å². The number of sulfonamides is 1. The summed E-state index contributed by atoms with van der Waals surface area (Å²) in [6.45, 7) is 0. The van der Waals surface area contributed by atoms with E-state index in [4.69, 9.17) is 0 Å². The predicted octanol–water partition coefficient (Wildman–Crippen LogP) is 3.82. The molecule has 2 aromatic rings. The Morgan fingerprint density at radius 1 is 1.08 bits per heavy atom. The van der Waals surface area contributed by atoms with Crippen molar-refractivity contribution < 1.29 is 8.42 Å². The van der Waals surface area contributed by atoms with Gasteiger partial charge in [-0.1, -0.05) is 44.2 Å². The lowest BCUT2D eigenvalue weighted by atomic mass is 9.83. The molecule has 1 aromatic carbocycles. The Kier molecular flexibility index (Phi) is 5.94. The van der Waals surface area contributed by atoms with Crippen molar-refractivity contribution in [1.29, 1.82) is 0 Å². The molecule has 1 saturated carbocycles. The molecule has 1 aliphatic carbocycles. The summed E-state index contributed by atoms with van der Waals surface area (Å²) < 4.78 is 26.9. The first-order valence-corrected chi connectivity index (χ1v) is 10.7. The van der Waals surface area contributed by atoms with Gasteiger partial charge in [0.1, 0.15) is 5.82 Å². The van der Waals surface area contributed by atoms with Gasteiger partial charge in [-0.3, -0.25) is 0 Å². The Morgan fingerprint density at radius 3 is 2.54 bits per heavy atom. The van der Waals surface area contributed by atoms with Crippen LogP contribution in [0, 0.1) is 5.92 Å². The van der Waals surface area contributed by atoms with Crippen molar-refractivity contribution in [3.05, 3.63) is 42.0 Å². The van der Waals surface area contributed by atoms with Crippen LogP contribution in [0.5, 0.6) is 0 Å². The predicted molar refractivity (Wildman–Crippen MR) is 106 cm³/mol. The summed E-state index contributed by atoms with van der Waals surface area (Å²) in [5, 5.41) is 3.05. The van der Waals surface area contributed by atoms with Crippen LogP contribution in [0.2, 0.25) is 0 Å². The van der Waals surface area contributed by atoms with Gasteiger partial charge in [-0.25, -0.2) is 18.1 Å². The zero-order chi connectivity index (χ0) is 18.6. The maximum Gasteiger partial charge on any atom is 0.240 e. The highest BCUT2D eigenvalue weighted by atomic mass is 32.2. The minimum atomic E-state index is -3.49. The Hall–Kier alpha value is -1.92. The van der Waals surface area contributed by atoms with Crippen LogP contribution in [-0.4, -0.2) is 27.5 Å². The van der Waals surface area contributed by atoms with E-state index in [-0.39, 0.29) is 4.90 Å². The van der Waals surface area contributed by atoms with Gasteiger partial charge in [-0.2, -0.15) is 0 Å². The maximum absolute atomic E-state index is 12.3. The van der Waals surface area contributed by atoms with Gasteiger partial charge in [0, 0.05) is 12.6 Å². The van der Waals surface area contributed by atoms with Gasteiger partial charge < -0.3 is 5.32 Å². The topological polar surface area (TPSA) is 71.1 Å². The molecular weight excluding hydrogens is 346 g/mol. The number of benzene rings is 1. The van der Waals surface area contributed by atoms with E-state index in [9.17, 15) is 8.42 Å². The fourth-order valence-corrected chi connectivity index (χ4v) is 4.44. The molecule has 0 radical (unpaired) electrons. The van der Waals surface area contributed by atoms with Crippen molar-refractivity contribution in [3.63, 3.8) is 0 Å². The molecule has 0 bridgehead atoms. The number of aromatic nitrogens is 1. The standard InChI is InChI=1S/C20H27N3O2S/c1-21-20-10-6-9-19(23-20)18-14-17(26(24,25)22-2)12-11-16(18)13-15-7-4-3-5-8-15/h6,9-12,14-15,22H,3-5,7-8,13H2,1-2H3,(H,21,23). The minimum absolute atomic E-state index is 0.277. The number of pyridine rings is 1. The van der Waals surface area contributed by atoms with E-state index in [0.29, 0.717) is 5.92 Å². The van der Waals surface area contributed by atoms with E-state index in [1.165, 1.54) is 44.7 Å². The average molecular weight is 374 g/mol. The Morgan fingerprint density at radius 2 is 1.85 bits per heavy atom. The molecule has 0 spiro atoms. The third-order valence-corrected chi connectivity index (χ3v) is 6.59. The molecule has 1 fully saturated rings. The molecule has 0 atom stereocenters. The quantitative estimate of drug-likeness (QED) is 0.807. The van der Waals surface area contributed by atoms with Crippen molar-refractivity contribution in [2.75, 3.05) is 19.4 Å². The van der Waals surface area contributed by atoms with Crippen LogP contribution < -0.4 is 10.0 Å². The second kappa shape index (κ2) is 8.18. The molecule has 140 valence electrons. The number of hydrogen-bond donors (Lipinski definition) is 2. The van der Waals surface area contributed by atoms with E-state index in [1.54, 1.807) is 12.1 Å². The highest BCUT2D eigenvalue weighted by Gasteiger charge is 2.19. The summed E-state index contributed by atoms with van der Waals surface area (Å²) in [6.07, 6.45) is 7.38. The van der Waals surface area contributed by atoms with Crippen LogP contribution >= 0.6 is 0 Å². The molecule has 1 aliphatic rings. The Balaban J connectivity index is 2.04. The SMILES string of the molecule is CNc1cccc(-c2cc(S(=O)(=O)NC)ccc2CC2CCCCC2)n1. The van der Waals surface area contributed by atoms with Crippen LogP contribution in [0.1, 0.15) is 37.7 Å². The fraction of sp³-hybridized carbons (Fsp3) is 0.450. The van der Waals surface area contributed by atoms with Crippen molar-refractivity contribution in [2.45, 2.75) is 43.4 Å². The largest absolute Gasteiger partial charge is 0.373 e. The number of nitrogens with zero attached hydrogens (tertiary/aromatic N) is 1. The molecular formula is C20H27N3O2S. The van der Waals surface area contributed by atoms with Gasteiger partial charge >= 0.3 is 0 Å². The highest BCUT2D eigenvalue weighted by molar-refractivity contribution is 7.89. The van der Waals surface area contributed by atoms with E-state index in [2.05, 4.69) is 15.0 Å². The molecule has 0 saturated heterocycles. The zero-order valence-electron chi connectivity index (χ0n) is 15.5. The molecule has 1 heterocycles. The molecule has 3 rings (SSSR count). The van der Waals surface area contributed by atoms with E-state index < -0.39 is 10.0 Å². The lowest BCUT2D eigenvalue weighted by Crippen LogP contribution is -2.19. The van der Waals surface area contributed by atoms with Gasteiger partial charge in [0.15, 0.2) is 0 Å². The zero-order valence-corrected chi connectivity index (χ0v) is 16.3. The smallest absolute Gasteiger partial charge is 0.240 e. The number of rotatable bonds is 6. The van der Waals surface area contributed by atoms with Crippen molar-refractivity contribution in [3.8, 4) is 11.3 Å². The van der Waals surface area contributed by atoms with Crippen LogP contribution in [0.4, 0.5) is 5.82 Å². The lowest BCUT2D eigenvalue weighted by Gasteiger charge is -2.23. The first kappa shape index (κ1) is 18.9. The minimum Gasteiger partial charge on any atom is -0.373 e. The summed E-state index contributed by atoms with van der Waals surface area (Å²) in [5.74, 6) is 1.44. The molecule has 1 aromatic heterocycles. The van der Waals surface area contributed by atoms with Crippen LogP contribution in [0.3, 0.4) is 0 Å². The second-order valence-corrected chi connectivity index (χ2v) is 8.78. The van der Waals surface area contributed by atoms with Gasteiger partial charge in [0.2, 0.25) is 10.0 Å². The number of anilines is 1. The van der Waals surface area contributed by atoms with E-state index >= 15 is 0 Å². The molecule has 0 aliphatic heterocycles. The Bertz CT molecular complexity index is 859.